The van der Waals surface area contributed by atoms with Gasteiger partial charge in [-0.2, -0.15) is 0 Å². The molecular formula is C78H77N17O20. The number of aromatic hydroxyl groups is 2. The number of amides is 8. The van der Waals surface area contributed by atoms with Crippen molar-refractivity contribution in [1.82, 2.24) is 79.3 Å². The molecule has 9 aromatic rings. The number of carbonyl (C=O) groups is 11. The molecule has 5 N–H and O–H groups in total. The fourth-order valence-corrected chi connectivity index (χ4v) is 15.2. The van der Waals surface area contributed by atoms with Crippen LogP contribution in [0.25, 0.3) is 44.6 Å². The van der Waals surface area contributed by atoms with Crippen LogP contribution >= 0.6 is 0 Å². The molecule has 14 rings (SSSR count). The van der Waals surface area contributed by atoms with Crippen LogP contribution in [-0.2, 0) is 145 Å². The van der Waals surface area contributed by atoms with Gasteiger partial charge in [0.05, 0.1) is 128 Å². The molecule has 8 amide bonds. The fourth-order valence-electron chi connectivity index (χ4n) is 15.2. The summed E-state index contributed by atoms with van der Waals surface area (Å²) >= 11 is 0. The highest BCUT2D eigenvalue weighted by Crippen LogP contribution is 2.45. The number of hydrogen-bond acceptors (Lipinski definition) is 25. The molecule has 2 atom stereocenters. The average Bonchev–Trinajstić information content (AvgIpc) is 1.62. The first-order valence-electron chi connectivity index (χ1n) is 36.9. The number of anilines is 1. The molecule has 6 aromatic heterocycles. The summed E-state index contributed by atoms with van der Waals surface area (Å²) in [6.07, 6.45) is 3.45. The van der Waals surface area contributed by atoms with Crippen LogP contribution in [0.5, 0.6) is 11.5 Å². The van der Waals surface area contributed by atoms with E-state index in [1.54, 1.807) is 50.2 Å². The number of aryl methyl sites for hydroxylation is 2. The van der Waals surface area contributed by atoms with E-state index in [1.165, 1.54) is 86.3 Å². The quantitative estimate of drug-likeness (QED) is 0.0280. The first-order chi connectivity index (χ1) is 55.1. The maximum Gasteiger partial charge on any atom is 0.408 e. The Labute approximate surface area is 652 Å². The van der Waals surface area contributed by atoms with E-state index in [0.29, 0.717) is 52.2 Å². The van der Waals surface area contributed by atoms with Gasteiger partial charge in [-0.25, -0.2) is 34.0 Å². The number of aliphatic carboxylic acids is 1. The number of carboxylic acid groups (broad SMARTS) is 1. The Balaban J connectivity index is 0.630. The van der Waals surface area contributed by atoms with Crippen LogP contribution in [0, 0.1) is 0 Å². The molecule has 0 aliphatic carbocycles. The van der Waals surface area contributed by atoms with Crippen molar-refractivity contribution in [3.8, 4) is 34.3 Å². The smallest absolute Gasteiger partial charge is 0.408 e. The number of nitrogens with one attached hydrogen (secondary N) is 2. The van der Waals surface area contributed by atoms with Crippen molar-refractivity contribution in [1.29, 1.82) is 0 Å². The van der Waals surface area contributed by atoms with E-state index in [4.69, 9.17) is 28.9 Å². The molecule has 115 heavy (non-hydrogen) atoms. The molecular weight excluding hydrogens is 1490 g/mol. The number of alkyl carbamates (subject to hydrolysis) is 2. The predicted octanol–water partition coefficient (Wildman–Crippen LogP) is 3.09. The second-order valence-corrected chi connectivity index (χ2v) is 28.2. The number of aromatic nitrogens is 10. The van der Waals surface area contributed by atoms with Crippen molar-refractivity contribution in [2.75, 3.05) is 58.3 Å². The van der Waals surface area contributed by atoms with Gasteiger partial charge in [0, 0.05) is 72.4 Å². The summed E-state index contributed by atoms with van der Waals surface area (Å²) in [5.41, 5.74) is 2.68. The zero-order valence-corrected chi connectivity index (χ0v) is 63.2. The van der Waals surface area contributed by atoms with Crippen molar-refractivity contribution in [3.63, 3.8) is 0 Å². The molecule has 0 bridgehead atoms. The lowest BCUT2D eigenvalue weighted by Crippen LogP contribution is -2.49. The van der Waals surface area contributed by atoms with Crippen molar-refractivity contribution < 1.29 is 87.0 Å². The third kappa shape index (κ3) is 14.8. The second-order valence-electron chi connectivity index (χ2n) is 28.2. The first-order valence-corrected chi connectivity index (χ1v) is 36.9. The number of fused-ring (bicyclic) bond motifs is 10. The molecule has 2 unspecified atom stereocenters. The molecule has 5 aliphatic heterocycles. The van der Waals surface area contributed by atoms with E-state index in [2.05, 4.69) is 31.3 Å². The molecule has 0 saturated carbocycles. The minimum Gasteiger partial charge on any atom is -0.508 e. The zero-order valence-electron chi connectivity index (χ0n) is 63.2. The first kappa shape index (κ1) is 77.7. The topological polar surface area (TPSA) is 457 Å². The molecule has 11 heterocycles. The van der Waals surface area contributed by atoms with E-state index < -0.39 is 114 Å². The van der Waals surface area contributed by atoms with Crippen LogP contribution in [0.1, 0.15) is 102 Å². The number of phenolic OH excluding ortho intramolecular Hbond substituents is 2. The lowest BCUT2D eigenvalue weighted by atomic mass is 9.85. The summed E-state index contributed by atoms with van der Waals surface area (Å²) in [7, 11) is 2.51. The second kappa shape index (κ2) is 31.3. The van der Waals surface area contributed by atoms with Crippen molar-refractivity contribution in [2.45, 2.75) is 123 Å². The fraction of sp³-hybridized carbons (Fsp3) is 0.346. The number of ether oxygens (including phenoxy) is 4. The van der Waals surface area contributed by atoms with E-state index in [0.717, 1.165) is 64.8 Å². The molecule has 3 aromatic carbocycles. The van der Waals surface area contributed by atoms with Crippen LogP contribution in [0.15, 0.2) is 107 Å². The summed E-state index contributed by atoms with van der Waals surface area (Å²) in [5.74, 6) is -7.11. The minimum absolute atomic E-state index is 0.0557. The Morgan fingerprint density at radius 2 is 0.991 bits per heavy atom. The Bertz CT molecular complexity index is 5750. The molecule has 37 heteroatoms. The highest BCUT2D eigenvalue weighted by molar-refractivity contribution is 6.28. The number of imide groups is 1. The number of rotatable bonds is 27. The Kier molecular flexibility index (Phi) is 21.1. The molecule has 5 aliphatic rings. The summed E-state index contributed by atoms with van der Waals surface area (Å²) in [4.78, 5) is 192. The normalized spacial score (nSPS) is 16.1. The maximum atomic E-state index is 14.4. The third-order valence-corrected chi connectivity index (χ3v) is 21.3. The molecule has 594 valence electrons. The van der Waals surface area contributed by atoms with Gasteiger partial charge in [-0.3, -0.25) is 52.5 Å². The number of phenols is 2. The van der Waals surface area contributed by atoms with Gasteiger partial charge in [-0.1, -0.05) is 50.3 Å². The monoisotopic (exact) mass is 1570 g/mol. The maximum absolute atomic E-state index is 14.4. The molecule has 37 nitrogen and oxygen atoms in total. The van der Waals surface area contributed by atoms with Gasteiger partial charge < -0.3 is 73.6 Å². The summed E-state index contributed by atoms with van der Waals surface area (Å²) < 4.78 is 28.6. The van der Waals surface area contributed by atoms with Crippen LogP contribution < -0.4 is 26.7 Å². The highest BCUT2D eigenvalue weighted by Gasteiger charge is 2.53. The summed E-state index contributed by atoms with van der Waals surface area (Å²) in [6, 6.07) is 18.9. The number of carbonyl (C=O) groups excluding carboxylic acids is 10. The van der Waals surface area contributed by atoms with Gasteiger partial charge in [0.2, 0.25) is 34.8 Å². The van der Waals surface area contributed by atoms with Gasteiger partial charge in [0.1, 0.15) is 42.6 Å². The summed E-state index contributed by atoms with van der Waals surface area (Å²) in [6.45, 7) is 2.59. The SMILES string of the molecule is CCc1c2c(nc3ccc(O)cc13)-c1cc3c(c(=O)n1C2)COC(=O)C3(CC)OC(=O)NCc1cn(CCN(CC(=O)N(C)CC(=O)N(CCn2cc(CNC(=O)OC3(CC)C(=O)OCc4c3cc3n(c4=O)Cc4c-3nc3ccc(O)cc3c4CC)nn2)CC(=O)N(C)CC(=O)O)C(=O)Cc2ccc(N3C(=O)C=CC3=O)cc2)nn1. The zero-order chi connectivity index (χ0) is 81.6. The Morgan fingerprint density at radius 1 is 0.548 bits per heavy atom. The van der Waals surface area contributed by atoms with Crippen molar-refractivity contribution in [2.24, 2.45) is 0 Å². The lowest BCUT2D eigenvalue weighted by molar-refractivity contribution is -0.173. The number of benzene rings is 3. The van der Waals surface area contributed by atoms with Crippen LogP contribution in [0.2, 0.25) is 0 Å². The largest absolute Gasteiger partial charge is 0.508 e. The number of carboxylic acids is 1. The van der Waals surface area contributed by atoms with Crippen molar-refractivity contribution in [3.05, 3.63) is 180 Å². The lowest BCUT2D eigenvalue weighted by Gasteiger charge is -2.35. The van der Waals surface area contributed by atoms with E-state index in [1.807, 2.05) is 13.8 Å². The third-order valence-electron chi connectivity index (χ3n) is 21.3. The number of esters is 2. The molecule has 0 fully saturated rings. The Hall–Kier alpha value is -14.0. The summed E-state index contributed by atoms with van der Waals surface area (Å²) in [5, 5.41) is 53.4. The predicted molar refractivity (Wildman–Crippen MR) is 401 cm³/mol. The number of hydrogen-bond donors (Lipinski definition) is 5. The number of nitrogens with zero attached hydrogens (tertiary/aromatic N) is 15. The van der Waals surface area contributed by atoms with E-state index in [-0.39, 0.29) is 136 Å². The average molecular weight is 1570 g/mol. The van der Waals surface area contributed by atoms with Crippen LogP contribution in [0.3, 0.4) is 0 Å². The van der Waals surface area contributed by atoms with Crippen molar-refractivity contribution >= 4 is 93.0 Å². The van der Waals surface area contributed by atoms with Gasteiger partial charge in [0.25, 0.3) is 22.9 Å². The van der Waals surface area contributed by atoms with Gasteiger partial charge in [-0.15, -0.1) is 10.2 Å². The Morgan fingerprint density at radius 3 is 1.43 bits per heavy atom. The highest BCUT2D eigenvalue weighted by atomic mass is 16.6. The molecule has 0 radical (unpaired) electrons. The minimum atomic E-state index is -2.08. The molecule has 0 saturated heterocycles. The van der Waals surface area contributed by atoms with Gasteiger partial charge in [-0.05, 0) is 103 Å². The number of pyridine rings is 4. The molecule has 0 spiro atoms. The van der Waals surface area contributed by atoms with Crippen LogP contribution in [-0.4, -0.2) is 203 Å². The van der Waals surface area contributed by atoms with Gasteiger partial charge in [0.15, 0.2) is 0 Å². The standard InChI is InChI=1S/C78H77N17O20/c1-7-48-50-26-46(96)15-17-58(50)81-69-52(48)34-93-60(69)28-56-54(71(93)106)40-112-73(108)77(56,9-3)114-75(110)79-30-43-32-91(85-83-43)23-21-89(64(100)25-42-11-13-45(14-12-42)95-62(98)19-20-63(95)99)37-65(101)87(5)36-67(103)90(38-66(102)88(6)39-68(104)105)22-24-92-33-44(84-86-92)31-80-76(111)115-78(10-4)57-29-61-70-53(35-94(61)72(107)55(57)41-113-74(78)109)49(8-2)51-27-47(97)16-18-59(51)82-70/h11-20,26-29,32-33,96-97H,7-10,21-25,30-31,34-41H2,1-6H3,(H,79,110)(H,80,111)(H,104,105). The van der Waals surface area contributed by atoms with E-state index in [9.17, 15) is 77.6 Å². The van der Waals surface area contributed by atoms with Gasteiger partial charge >= 0.3 is 30.1 Å². The van der Waals surface area contributed by atoms with Crippen LogP contribution in [0.4, 0.5) is 15.3 Å². The van der Waals surface area contributed by atoms with E-state index >= 15 is 0 Å². The number of likely N-dealkylation sites (N-methyl/N-ethyl adjacent to an activating group) is 2. The number of cyclic esters (lactones) is 2.